The predicted octanol–water partition coefficient (Wildman–Crippen LogP) is -2.26. The fourth-order valence-electron chi connectivity index (χ4n) is 0. The average molecular weight is 86.0 g/mol. The first-order valence-electron chi connectivity index (χ1n) is 0.651. The number of hydrogen-bond acceptors (Lipinski definition) is 1. The molecular formula is H3LiO3Si. The van der Waals surface area contributed by atoms with Gasteiger partial charge in [0.2, 0.25) is 0 Å². The standard InChI is InChI=1S/Li.H2O3Si.H/c;1-4(2)3;/h;1-2H;. The van der Waals surface area contributed by atoms with Gasteiger partial charge in [-0.1, -0.05) is 0 Å². The molecule has 5 heteroatoms. The fourth-order valence-corrected chi connectivity index (χ4v) is 0. The van der Waals surface area contributed by atoms with E-state index in [4.69, 9.17) is 14.1 Å². The van der Waals surface area contributed by atoms with Crippen LogP contribution >= 0.6 is 0 Å². The van der Waals surface area contributed by atoms with Crippen LogP contribution < -0.4 is 0 Å². The summed E-state index contributed by atoms with van der Waals surface area (Å²) in [5.74, 6) is 0. The Morgan fingerprint density at radius 1 is 1.40 bits per heavy atom. The van der Waals surface area contributed by atoms with Crippen LogP contribution in [-0.2, 0) is 4.46 Å². The minimum absolute atomic E-state index is 0. The first-order valence-corrected chi connectivity index (χ1v) is 1.95. The minimum atomic E-state index is -3.13. The van der Waals surface area contributed by atoms with Crippen LogP contribution in [0.1, 0.15) is 0 Å². The van der Waals surface area contributed by atoms with Gasteiger partial charge in [-0.05, 0) is 0 Å². The zero-order chi connectivity index (χ0) is 3.58. The van der Waals surface area contributed by atoms with E-state index in [9.17, 15) is 0 Å². The van der Waals surface area contributed by atoms with E-state index in [-0.39, 0.29) is 18.9 Å². The zero-order valence-electron chi connectivity index (χ0n) is 1.80. The normalized spacial score (nSPS) is 4.80. The molecule has 0 aromatic carbocycles. The fraction of sp³-hybridized carbons (Fsp3) is 0. The first kappa shape index (κ1) is 8.96. The van der Waals surface area contributed by atoms with Crippen LogP contribution in [0.4, 0.5) is 0 Å². The van der Waals surface area contributed by atoms with Gasteiger partial charge in [-0.15, -0.1) is 0 Å². The summed E-state index contributed by atoms with van der Waals surface area (Å²) in [5, 5.41) is 0. The van der Waals surface area contributed by atoms with Crippen molar-refractivity contribution in [3.8, 4) is 0 Å². The van der Waals surface area contributed by atoms with Gasteiger partial charge in [0, 0.05) is 0 Å². The predicted molar refractivity (Wildman–Crippen MR) is 18.0 cm³/mol. The van der Waals surface area contributed by atoms with Crippen LogP contribution in [-0.4, -0.2) is 37.6 Å². The van der Waals surface area contributed by atoms with E-state index in [0.717, 1.165) is 0 Å². The van der Waals surface area contributed by atoms with Gasteiger partial charge in [0.05, 0.1) is 0 Å². The summed E-state index contributed by atoms with van der Waals surface area (Å²) < 4.78 is 8.74. The van der Waals surface area contributed by atoms with Gasteiger partial charge >= 0.3 is 28.0 Å². The van der Waals surface area contributed by atoms with Crippen molar-refractivity contribution in [3.05, 3.63) is 0 Å². The third-order valence-corrected chi connectivity index (χ3v) is 0. The Bertz CT molecular complexity index is 29.9. The first-order chi connectivity index (χ1) is 1.73. The molecule has 5 heavy (non-hydrogen) atoms. The van der Waals surface area contributed by atoms with Crippen LogP contribution in [0.2, 0.25) is 0 Å². The van der Waals surface area contributed by atoms with E-state index in [1.807, 2.05) is 0 Å². The van der Waals surface area contributed by atoms with Crippen LogP contribution in [0.25, 0.3) is 0 Å². The number of rotatable bonds is 0. The molecule has 0 aromatic rings. The van der Waals surface area contributed by atoms with Crippen molar-refractivity contribution in [2.75, 3.05) is 0 Å². The molecule has 0 amide bonds. The summed E-state index contributed by atoms with van der Waals surface area (Å²) in [4.78, 5) is 14.3. The zero-order valence-corrected chi connectivity index (χ0v) is 2.80. The van der Waals surface area contributed by atoms with E-state index < -0.39 is 9.17 Å². The Balaban J connectivity index is 0. The summed E-state index contributed by atoms with van der Waals surface area (Å²) >= 11 is 0. The molecule has 0 radical (unpaired) electrons. The molecule has 0 aliphatic carbocycles. The van der Waals surface area contributed by atoms with Gasteiger partial charge in [0.25, 0.3) is 0 Å². The Hall–Kier alpha value is 0.214. The van der Waals surface area contributed by atoms with E-state index in [0.29, 0.717) is 0 Å². The number of hydrogen-bond donors (Lipinski definition) is 2. The maximum atomic E-state index is 8.74. The average Bonchev–Trinajstić information content (AvgIpc) is 0.811. The molecule has 0 bridgehead atoms. The maximum absolute atomic E-state index is 8.74. The summed E-state index contributed by atoms with van der Waals surface area (Å²) in [6, 6.07) is 0. The molecule has 0 spiro atoms. The molecule has 2 N–H and O–H groups in total. The molecule has 0 rings (SSSR count). The quantitative estimate of drug-likeness (QED) is 0.327. The van der Waals surface area contributed by atoms with Gasteiger partial charge in [0.15, 0.2) is 0 Å². The van der Waals surface area contributed by atoms with Crippen molar-refractivity contribution in [2.45, 2.75) is 0 Å². The van der Waals surface area contributed by atoms with Gasteiger partial charge in [-0.2, -0.15) is 0 Å². The molecule has 0 aliphatic heterocycles. The SMILES string of the molecule is O=[Si](O)O.[LiH]. The molecule has 3 nitrogen and oxygen atoms in total. The molecule has 0 saturated heterocycles. The molecular weight excluding hydrogens is 83.0 g/mol. The Morgan fingerprint density at radius 3 is 1.40 bits per heavy atom. The van der Waals surface area contributed by atoms with E-state index in [2.05, 4.69) is 0 Å². The molecule has 0 heterocycles. The molecule has 0 atom stereocenters. The van der Waals surface area contributed by atoms with Gasteiger partial charge < -0.3 is 9.59 Å². The van der Waals surface area contributed by atoms with Crippen molar-refractivity contribution < 1.29 is 14.1 Å². The van der Waals surface area contributed by atoms with Crippen molar-refractivity contribution in [1.29, 1.82) is 0 Å². The molecule has 0 fully saturated rings. The Labute approximate surface area is 42.7 Å². The van der Waals surface area contributed by atoms with Crippen molar-refractivity contribution >= 4 is 28.0 Å². The molecule has 0 aliphatic rings. The van der Waals surface area contributed by atoms with Crippen LogP contribution in [0, 0.1) is 0 Å². The Kier molecular flexibility index (Phi) is 7.55. The van der Waals surface area contributed by atoms with E-state index >= 15 is 0 Å². The summed E-state index contributed by atoms with van der Waals surface area (Å²) in [5.41, 5.74) is 0. The van der Waals surface area contributed by atoms with Crippen molar-refractivity contribution in [2.24, 2.45) is 0 Å². The van der Waals surface area contributed by atoms with Gasteiger partial charge in [0.1, 0.15) is 0 Å². The van der Waals surface area contributed by atoms with Crippen molar-refractivity contribution in [3.63, 3.8) is 0 Å². The Morgan fingerprint density at radius 2 is 1.40 bits per heavy atom. The molecule has 0 aromatic heterocycles. The summed E-state index contributed by atoms with van der Waals surface area (Å²) in [7, 11) is -3.13. The second-order valence-corrected chi connectivity index (χ2v) is 0.848. The monoisotopic (exact) mass is 86.0 g/mol. The summed E-state index contributed by atoms with van der Waals surface area (Å²) in [6.45, 7) is 0. The molecule has 0 saturated carbocycles. The topological polar surface area (TPSA) is 57.5 Å². The second-order valence-electron chi connectivity index (χ2n) is 0.283. The third kappa shape index (κ3) is 450. The van der Waals surface area contributed by atoms with Gasteiger partial charge in [-0.3, -0.25) is 4.46 Å². The van der Waals surface area contributed by atoms with Crippen LogP contribution in [0.5, 0.6) is 0 Å². The van der Waals surface area contributed by atoms with Crippen LogP contribution in [0.3, 0.4) is 0 Å². The van der Waals surface area contributed by atoms with E-state index in [1.165, 1.54) is 0 Å². The van der Waals surface area contributed by atoms with E-state index in [1.54, 1.807) is 0 Å². The molecule has 26 valence electrons. The third-order valence-electron chi connectivity index (χ3n) is 0. The molecule has 0 unspecified atom stereocenters. The van der Waals surface area contributed by atoms with Crippen molar-refractivity contribution in [1.82, 2.24) is 0 Å². The summed E-state index contributed by atoms with van der Waals surface area (Å²) in [6.07, 6.45) is 0. The van der Waals surface area contributed by atoms with Gasteiger partial charge in [-0.25, -0.2) is 0 Å². The second kappa shape index (κ2) is 4.21. The van der Waals surface area contributed by atoms with Crippen LogP contribution in [0.15, 0.2) is 0 Å².